The van der Waals surface area contributed by atoms with Crippen molar-refractivity contribution in [3.8, 4) is 0 Å². The molecule has 1 amide bonds. The van der Waals surface area contributed by atoms with Crippen LogP contribution in [0.25, 0.3) is 0 Å². The van der Waals surface area contributed by atoms with Crippen molar-refractivity contribution in [2.24, 2.45) is 0 Å². The number of rotatable bonds is 10. The SMILES string of the molecule is CCC(c1nnc(SCC(=O)NCc2ccc(Cl)cc2Cl)n1Cc1ccccc1)N(C)C. The van der Waals surface area contributed by atoms with Crippen molar-refractivity contribution in [3.05, 3.63) is 75.5 Å². The van der Waals surface area contributed by atoms with Crippen LogP contribution in [0.15, 0.2) is 53.7 Å². The van der Waals surface area contributed by atoms with E-state index in [1.54, 1.807) is 12.1 Å². The van der Waals surface area contributed by atoms with Gasteiger partial charge in [-0.2, -0.15) is 0 Å². The molecule has 0 aliphatic carbocycles. The molecule has 9 heteroatoms. The van der Waals surface area contributed by atoms with Crippen molar-refractivity contribution in [1.82, 2.24) is 25.0 Å². The van der Waals surface area contributed by atoms with E-state index in [0.717, 1.165) is 28.5 Å². The summed E-state index contributed by atoms with van der Waals surface area (Å²) in [4.78, 5) is 14.6. The quantitative estimate of drug-likeness (QED) is 0.401. The van der Waals surface area contributed by atoms with Crippen LogP contribution >= 0.6 is 35.0 Å². The highest BCUT2D eigenvalue weighted by molar-refractivity contribution is 7.99. The monoisotopic (exact) mass is 491 g/mol. The Balaban J connectivity index is 1.70. The molecule has 1 atom stereocenters. The van der Waals surface area contributed by atoms with Gasteiger partial charge in [0.15, 0.2) is 11.0 Å². The number of aromatic nitrogens is 3. The summed E-state index contributed by atoms with van der Waals surface area (Å²) >= 11 is 13.5. The number of hydrogen-bond donors (Lipinski definition) is 1. The number of nitrogens with one attached hydrogen (secondary N) is 1. The Bertz CT molecular complexity index is 1040. The van der Waals surface area contributed by atoms with Gasteiger partial charge in [0, 0.05) is 16.6 Å². The molecular formula is C23H27Cl2N5OS. The first-order valence-corrected chi connectivity index (χ1v) is 12.1. The van der Waals surface area contributed by atoms with Crippen LogP contribution in [0.2, 0.25) is 10.0 Å². The standard InChI is InChI=1S/C23H27Cl2N5OS/c1-4-20(29(2)3)22-27-28-23(30(22)14-16-8-6-5-7-9-16)32-15-21(31)26-13-17-10-11-18(24)12-19(17)25/h5-12,20H,4,13-15H2,1-3H3,(H,26,31). The van der Waals surface area contributed by atoms with Crippen LogP contribution in [0.4, 0.5) is 0 Å². The third kappa shape index (κ3) is 6.48. The lowest BCUT2D eigenvalue weighted by atomic mass is 10.2. The molecule has 1 unspecified atom stereocenters. The summed E-state index contributed by atoms with van der Waals surface area (Å²) in [6.07, 6.45) is 0.910. The topological polar surface area (TPSA) is 63.1 Å². The first-order chi connectivity index (χ1) is 15.4. The third-order valence-corrected chi connectivity index (χ3v) is 6.61. The van der Waals surface area contributed by atoms with Crippen molar-refractivity contribution in [2.75, 3.05) is 19.8 Å². The highest BCUT2D eigenvalue weighted by atomic mass is 35.5. The van der Waals surface area contributed by atoms with Crippen LogP contribution in [0.1, 0.15) is 36.3 Å². The Labute approximate surface area is 203 Å². The summed E-state index contributed by atoms with van der Waals surface area (Å²) in [7, 11) is 4.08. The normalized spacial score (nSPS) is 12.2. The smallest absolute Gasteiger partial charge is 0.230 e. The van der Waals surface area contributed by atoms with Gasteiger partial charge in [-0.05, 0) is 43.8 Å². The average Bonchev–Trinajstić information content (AvgIpc) is 3.14. The first-order valence-electron chi connectivity index (χ1n) is 10.4. The zero-order chi connectivity index (χ0) is 23.1. The predicted octanol–water partition coefficient (Wildman–Crippen LogP) is 5.05. The number of halogens is 2. The van der Waals surface area contributed by atoms with Crippen molar-refractivity contribution in [1.29, 1.82) is 0 Å². The van der Waals surface area contributed by atoms with E-state index in [0.29, 0.717) is 23.1 Å². The number of thioether (sulfide) groups is 1. The number of benzene rings is 2. The molecule has 0 saturated heterocycles. The second-order valence-corrected chi connectivity index (χ2v) is 9.39. The van der Waals surface area contributed by atoms with Crippen LogP contribution < -0.4 is 5.32 Å². The molecule has 0 aliphatic heterocycles. The number of amides is 1. The number of nitrogens with zero attached hydrogens (tertiary/aromatic N) is 4. The lowest BCUT2D eigenvalue weighted by molar-refractivity contribution is -0.118. The molecule has 0 aliphatic rings. The van der Waals surface area contributed by atoms with Gasteiger partial charge in [-0.15, -0.1) is 10.2 Å². The highest BCUT2D eigenvalue weighted by Crippen LogP contribution is 2.26. The van der Waals surface area contributed by atoms with Crippen molar-refractivity contribution >= 4 is 40.9 Å². The van der Waals surface area contributed by atoms with E-state index in [2.05, 4.69) is 44.0 Å². The fourth-order valence-electron chi connectivity index (χ4n) is 3.39. The molecule has 6 nitrogen and oxygen atoms in total. The second kappa shape index (κ2) is 11.7. The maximum absolute atomic E-state index is 12.5. The minimum Gasteiger partial charge on any atom is -0.351 e. The van der Waals surface area contributed by atoms with E-state index in [1.165, 1.54) is 11.8 Å². The summed E-state index contributed by atoms with van der Waals surface area (Å²) < 4.78 is 2.11. The van der Waals surface area contributed by atoms with Crippen molar-refractivity contribution < 1.29 is 4.79 Å². The Morgan fingerprint density at radius 2 is 1.91 bits per heavy atom. The molecule has 3 rings (SSSR count). The molecule has 1 N–H and O–H groups in total. The van der Waals surface area contributed by atoms with Gasteiger partial charge in [0.25, 0.3) is 0 Å². The molecule has 2 aromatic carbocycles. The van der Waals surface area contributed by atoms with Crippen LogP contribution in [-0.2, 0) is 17.9 Å². The molecule has 0 radical (unpaired) electrons. The minimum absolute atomic E-state index is 0.100. The lowest BCUT2D eigenvalue weighted by Gasteiger charge is -2.23. The summed E-state index contributed by atoms with van der Waals surface area (Å²) in [6.45, 7) is 3.13. The summed E-state index contributed by atoms with van der Waals surface area (Å²) in [6, 6.07) is 15.6. The molecule has 0 fully saturated rings. The average molecular weight is 492 g/mol. The van der Waals surface area contributed by atoms with Gasteiger partial charge in [-0.1, -0.05) is 78.3 Å². The lowest BCUT2D eigenvalue weighted by Crippen LogP contribution is -2.25. The number of carbonyl (C=O) groups excluding carboxylic acids is 1. The summed E-state index contributed by atoms with van der Waals surface area (Å²) in [5, 5.41) is 13.6. The van der Waals surface area contributed by atoms with Crippen LogP contribution in [0, 0.1) is 0 Å². The van der Waals surface area contributed by atoms with Crippen LogP contribution in [0.5, 0.6) is 0 Å². The number of carbonyl (C=O) groups is 1. The van der Waals surface area contributed by atoms with E-state index in [9.17, 15) is 4.79 Å². The molecule has 3 aromatic rings. The Kier molecular flexibility index (Phi) is 8.99. The molecule has 1 aromatic heterocycles. The van der Waals surface area contributed by atoms with E-state index >= 15 is 0 Å². The van der Waals surface area contributed by atoms with E-state index in [4.69, 9.17) is 23.2 Å². The van der Waals surface area contributed by atoms with Gasteiger partial charge >= 0.3 is 0 Å². The van der Waals surface area contributed by atoms with Crippen molar-refractivity contribution in [2.45, 2.75) is 37.6 Å². The zero-order valence-electron chi connectivity index (χ0n) is 18.4. The molecule has 1 heterocycles. The van der Waals surface area contributed by atoms with E-state index in [-0.39, 0.29) is 17.7 Å². The Hall–Kier alpha value is -2.06. The predicted molar refractivity (Wildman–Crippen MR) is 131 cm³/mol. The Morgan fingerprint density at radius 3 is 2.56 bits per heavy atom. The molecule has 0 saturated carbocycles. The van der Waals surface area contributed by atoms with E-state index < -0.39 is 0 Å². The fourth-order valence-corrected chi connectivity index (χ4v) is 4.64. The van der Waals surface area contributed by atoms with Crippen LogP contribution in [0.3, 0.4) is 0 Å². The molecular weight excluding hydrogens is 465 g/mol. The van der Waals surface area contributed by atoms with Crippen molar-refractivity contribution in [3.63, 3.8) is 0 Å². The van der Waals surface area contributed by atoms with Gasteiger partial charge in [0.05, 0.1) is 18.3 Å². The van der Waals surface area contributed by atoms with Gasteiger partial charge in [-0.3, -0.25) is 9.69 Å². The largest absolute Gasteiger partial charge is 0.351 e. The fraction of sp³-hybridized carbons (Fsp3) is 0.348. The van der Waals surface area contributed by atoms with Gasteiger partial charge in [0.1, 0.15) is 0 Å². The third-order valence-electron chi connectivity index (χ3n) is 5.06. The van der Waals surface area contributed by atoms with Gasteiger partial charge in [-0.25, -0.2) is 0 Å². The molecule has 32 heavy (non-hydrogen) atoms. The first kappa shape index (κ1) is 24.6. The molecule has 0 bridgehead atoms. The zero-order valence-corrected chi connectivity index (χ0v) is 20.7. The minimum atomic E-state index is -0.100. The second-order valence-electron chi connectivity index (χ2n) is 7.60. The number of hydrogen-bond acceptors (Lipinski definition) is 5. The van der Waals surface area contributed by atoms with Gasteiger partial charge in [0.2, 0.25) is 5.91 Å². The maximum atomic E-state index is 12.5. The molecule has 0 spiro atoms. The van der Waals surface area contributed by atoms with E-state index in [1.807, 2.05) is 38.4 Å². The molecule has 170 valence electrons. The van der Waals surface area contributed by atoms with Crippen LogP contribution in [-0.4, -0.2) is 45.4 Å². The summed E-state index contributed by atoms with van der Waals surface area (Å²) in [5.74, 6) is 1.03. The Morgan fingerprint density at radius 1 is 1.16 bits per heavy atom. The summed E-state index contributed by atoms with van der Waals surface area (Å²) in [5.41, 5.74) is 1.98. The maximum Gasteiger partial charge on any atom is 0.230 e. The van der Waals surface area contributed by atoms with Gasteiger partial charge < -0.3 is 9.88 Å². The highest BCUT2D eigenvalue weighted by Gasteiger charge is 2.22.